The van der Waals surface area contributed by atoms with Crippen molar-refractivity contribution in [3.63, 3.8) is 0 Å². The second kappa shape index (κ2) is 7.08. The summed E-state index contributed by atoms with van der Waals surface area (Å²) < 4.78 is 2.00. The molecule has 0 saturated carbocycles. The van der Waals surface area contributed by atoms with E-state index in [1.165, 1.54) is 12.1 Å². The summed E-state index contributed by atoms with van der Waals surface area (Å²) in [6.07, 6.45) is 2.76. The average Bonchev–Trinajstić information content (AvgIpc) is 2.62. The van der Waals surface area contributed by atoms with Gasteiger partial charge >= 0.3 is 0 Å². The first-order valence-electron chi connectivity index (χ1n) is 9.87. The van der Waals surface area contributed by atoms with Crippen LogP contribution >= 0.6 is 0 Å². The Labute approximate surface area is 160 Å². The molecule has 2 aliphatic rings. The van der Waals surface area contributed by atoms with E-state index in [1.807, 2.05) is 29.6 Å². The minimum Gasteiger partial charge on any atom is -0.363 e. The molecule has 6 heteroatoms. The summed E-state index contributed by atoms with van der Waals surface area (Å²) in [5.41, 5.74) is 2.98. The fraction of sp³-hybridized carbons (Fsp3) is 0.571. The van der Waals surface area contributed by atoms with Crippen molar-refractivity contribution in [1.29, 1.82) is 0 Å². The second-order valence-corrected chi connectivity index (χ2v) is 8.68. The lowest BCUT2D eigenvalue weighted by atomic mass is 9.82. The van der Waals surface area contributed by atoms with Crippen LogP contribution in [0.15, 0.2) is 29.3 Å². The van der Waals surface area contributed by atoms with E-state index in [1.54, 1.807) is 12.4 Å². The predicted molar refractivity (Wildman–Crippen MR) is 108 cm³/mol. The Kier molecular flexibility index (Phi) is 4.76. The molecule has 4 heterocycles. The maximum Gasteiger partial charge on any atom is 0.251 e. The topological polar surface area (TPSA) is 54.3 Å². The molecule has 0 unspecified atom stereocenters. The minimum absolute atomic E-state index is 0.0968. The third-order valence-corrected chi connectivity index (χ3v) is 5.66. The van der Waals surface area contributed by atoms with Gasteiger partial charge in [-0.2, -0.15) is 0 Å². The third-order valence-electron chi connectivity index (χ3n) is 5.66. The number of hydrogen-bond acceptors (Lipinski definition) is 5. The average molecular weight is 367 g/mol. The fourth-order valence-corrected chi connectivity index (χ4v) is 4.62. The van der Waals surface area contributed by atoms with Crippen LogP contribution in [0, 0.1) is 11.8 Å². The van der Waals surface area contributed by atoms with Crippen LogP contribution in [0.25, 0.3) is 11.3 Å². The Hall–Kier alpha value is -2.21. The highest BCUT2D eigenvalue weighted by molar-refractivity contribution is 5.62. The Morgan fingerprint density at radius 1 is 1.15 bits per heavy atom. The maximum atomic E-state index is 12.9. The van der Waals surface area contributed by atoms with Crippen molar-refractivity contribution in [2.24, 2.45) is 11.8 Å². The molecule has 27 heavy (non-hydrogen) atoms. The van der Waals surface area contributed by atoms with Crippen LogP contribution in [0.1, 0.15) is 31.9 Å². The molecule has 4 rings (SSSR count). The molecule has 0 N–H and O–H groups in total. The van der Waals surface area contributed by atoms with Crippen molar-refractivity contribution in [3.8, 4) is 11.3 Å². The standard InChI is InChI=1S/C21H29N5O/c1-14(2)9-25-10-15-5-17(12-25)19-6-16(7-21(27)26(19)11-15)18-8-20(24(3)4)23-13-22-18/h6-8,13-15,17H,5,9-12H2,1-4H3/t15-,17+/m0/s1. The molecule has 2 atom stereocenters. The van der Waals surface area contributed by atoms with Crippen molar-refractivity contribution in [2.45, 2.75) is 32.7 Å². The smallest absolute Gasteiger partial charge is 0.251 e. The van der Waals surface area contributed by atoms with E-state index in [4.69, 9.17) is 0 Å². The van der Waals surface area contributed by atoms with Crippen LogP contribution in [0.3, 0.4) is 0 Å². The number of hydrogen-bond donors (Lipinski definition) is 0. The van der Waals surface area contributed by atoms with Gasteiger partial charge in [0.05, 0.1) is 5.69 Å². The lowest BCUT2D eigenvalue weighted by molar-refractivity contribution is 0.109. The monoisotopic (exact) mass is 367 g/mol. The summed E-state index contributed by atoms with van der Waals surface area (Å²) in [7, 11) is 3.92. The molecule has 0 aromatic carbocycles. The van der Waals surface area contributed by atoms with Gasteiger partial charge in [-0.1, -0.05) is 13.8 Å². The summed E-state index contributed by atoms with van der Waals surface area (Å²) in [5, 5.41) is 0. The first-order chi connectivity index (χ1) is 12.9. The summed E-state index contributed by atoms with van der Waals surface area (Å²) in [4.78, 5) is 26.1. The zero-order valence-electron chi connectivity index (χ0n) is 16.7. The number of likely N-dealkylation sites (tertiary alicyclic amines) is 1. The minimum atomic E-state index is 0.0968. The normalized spacial score (nSPS) is 22.0. The van der Waals surface area contributed by atoms with Crippen molar-refractivity contribution >= 4 is 5.82 Å². The quantitative estimate of drug-likeness (QED) is 0.831. The van der Waals surface area contributed by atoms with Crippen LogP contribution in [0.2, 0.25) is 0 Å². The van der Waals surface area contributed by atoms with Gasteiger partial charge in [0.2, 0.25) is 0 Å². The molecular weight excluding hydrogens is 338 g/mol. The summed E-state index contributed by atoms with van der Waals surface area (Å²) >= 11 is 0. The van der Waals surface area contributed by atoms with Gasteiger partial charge in [-0.3, -0.25) is 4.79 Å². The summed E-state index contributed by atoms with van der Waals surface area (Å²) in [6.45, 7) is 8.68. The molecule has 1 saturated heterocycles. The van der Waals surface area contributed by atoms with Gasteiger partial charge in [-0.25, -0.2) is 9.97 Å². The zero-order chi connectivity index (χ0) is 19.1. The molecule has 6 nitrogen and oxygen atoms in total. The molecule has 2 aromatic rings. The van der Waals surface area contributed by atoms with Crippen LogP contribution in [-0.4, -0.2) is 53.2 Å². The molecule has 0 spiro atoms. The highest BCUT2D eigenvalue weighted by Crippen LogP contribution is 2.36. The zero-order valence-corrected chi connectivity index (χ0v) is 16.7. The molecule has 2 aromatic heterocycles. The predicted octanol–water partition coefficient (Wildman–Crippen LogP) is 2.45. The molecule has 0 radical (unpaired) electrons. The molecule has 1 fully saturated rings. The molecule has 144 valence electrons. The van der Waals surface area contributed by atoms with Crippen LogP contribution in [0.5, 0.6) is 0 Å². The molecule has 0 amide bonds. The number of nitrogens with zero attached hydrogens (tertiary/aromatic N) is 5. The van der Waals surface area contributed by atoms with E-state index in [-0.39, 0.29) is 5.56 Å². The largest absolute Gasteiger partial charge is 0.363 e. The Balaban J connectivity index is 1.71. The molecule has 2 aliphatic heterocycles. The van der Waals surface area contributed by atoms with Gasteiger partial charge in [0.15, 0.2) is 0 Å². The highest BCUT2D eigenvalue weighted by atomic mass is 16.1. The lowest BCUT2D eigenvalue weighted by Gasteiger charge is -2.43. The first kappa shape index (κ1) is 18.2. The molecular formula is C21H29N5O. The van der Waals surface area contributed by atoms with Gasteiger partial charge in [-0.05, 0) is 24.3 Å². The SMILES string of the molecule is CC(C)CN1C[C@@H]2C[C@H](C1)c1cc(-c3cc(N(C)C)ncn3)cc(=O)n1C2. The van der Waals surface area contributed by atoms with Crippen LogP contribution < -0.4 is 10.5 Å². The molecule has 0 aliphatic carbocycles. The van der Waals surface area contributed by atoms with Crippen molar-refractivity contribution in [2.75, 3.05) is 38.6 Å². The Morgan fingerprint density at radius 2 is 1.96 bits per heavy atom. The number of piperidine rings is 1. The number of rotatable bonds is 4. The first-order valence-corrected chi connectivity index (χ1v) is 9.87. The number of pyridine rings is 1. The Morgan fingerprint density at radius 3 is 2.70 bits per heavy atom. The molecule has 2 bridgehead atoms. The number of fused-ring (bicyclic) bond motifs is 4. The van der Waals surface area contributed by atoms with Crippen molar-refractivity contribution in [3.05, 3.63) is 40.6 Å². The highest BCUT2D eigenvalue weighted by Gasteiger charge is 2.35. The van der Waals surface area contributed by atoms with Crippen molar-refractivity contribution in [1.82, 2.24) is 19.4 Å². The second-order valence-electron chi connectivity index (χ2n) is 8.68. The fourth-order valence-electron chi connectivity index (χ4n) is 4.62. The van der Waals surface area contributed by atoms with Crippen molar-refractivity contribution < 1.29 is 0 Å². The Bertz CT molecular complexity index is 888. The van der Waals surface area contributed by atoms with E-state index in [0.717, 1.165) is 43.3 Å². The van der Waals surface area contributed by atoms with E-state index in [0.29, 0.717) is 17.8 Å². The van der Waals surface area contributed by atoms with Gasteiger partial charge in [0.25, 0.3) is 5.56 Å². The number of anilines is 1. The lowest BCUT2D eigenvalue weighted by Crippen LogP contribution is -2.48. The summed E-state index contributed by atoms with van der Waals surface area (Å²) in [6, 6.07) is 5.87. The van der Waals surface area contributed by atoms with Gasteiger partial charge in [0, 0.05) is 69.6 Å². The third kappa shape index (κ3) is 3.63. The maximum absolute atomic E-state index is 12.9. The van der Waals surface area contributed by atoms with Crippen LogP contribution in [0.4, 0.5) is 5.82 Å². The van der Waals surface area contributed by atoms with E-state index in [2.05, 4.69) is 34.8 Å². The van der Waals surface area contributed by atoms with E-state index in [9.17, 15) is 4.79 Å². The van der Waals surface area contributed by atoms with Crippen LogP contribution in [-0.2, 0) is 6.54 Å². The van der Waals surface area contributed by atoms with Gasteiger partial charge < -0.3 is 14.4 Å². The van der Waals surface area contributed by atoms with Gasteiger partial charge in [0.1, 0.15) is 12.1 Å². The van der Waals surface area contributed by atoms with E-state index < -0.39 is 0 Å². The van der Waals surface area contributed by atoms with E-state index >= 15 is 0 Å². The van der Waals surface area contributed by atoms with Gasteiger partial charge in [-0.15, -0.1) is 0 Å². The number of aromatic nitrogens is 3. The summed E-state index contributed by atoms with van der Waals surface area (Å²) in [5.74, 6) is 2.53.